The molecule has 2 nitrogen and oxygen atoms in total. The van der Waals surface area contributed by atoms with Crippen LogP contribution in [0.3, 0.4) is 0 Å². The van der Waals surface area contributed by atoms with Crippen LogP contribution < -0.4 is 0 Å². The van der Waals surface area contributed by atoms with Crippen molar-refractivity contribution in [1.82, 2.24) is 4.90 Å². The highest BCUT2D eigenvalue weighted by Gasteiger charge is 2.47. The Balaban J connectivity index is 2.01. The molecule has 0 aromatic heterocycles. The minimum Gasteiger partial charge on any atom is -0.337 e. The summed E-state index contributed by atoms with van der Waals surface area (Å²) in [6.45, 7) is 3.11. The third kappa shape index (κ3) is 1.36. The van der Waals surface area contributed by atoms with E-state index in [-0.39, 0.29) is 0 Å². The number of likely N-dealkylation sites (tertiary alicyclic amines) is 1. The molecule has 1 heterocycles. The van der Waals surface area contributed by atoms with Gasteiger partial charge in [0.1, 0.15) is 0 Å². The number of carbonyl (C=O) groups is 1. The molecular weight excluding hydrogens is 162 g/mol. The number of hydrogen-bond donors (Lipinski definition) is 0. The summed E-state index contributed by atoms with van der Waals surface area (Å²) in [5, 5.41) is 0. The SMILES string of the molecule is CCCC(=O)N1CCCC12CCC2. The van der Waals surface area contributed by atoms with Crippen molar-refractivity contribution in [2.75, 3.05) is 6.54 Å². The zero-order valence-electron chi connectivity index (χ0n) is 8.51. The van der Waals surface area contributed by atoms with Crippen LogP contribution in [0.4, 0.5) is 0 Å². The minimum atomic E-state index is 0.340. The summed E-state index contributed by atoms with van der Waals surface area (Å²) < 4.78 is 0. The van der Waals surface area contributed by atoms with Crippen LogP contribution in [0.25, 0.3) is 0 Å². The molecule has 2 rings (SSSR count). The van der Waals surface area contributed by atoms with Crippen LogP contribution in [0.2, 0.25) is 0 Å². The van der Waals surface area contributed by atoms with Crippen molar-refractivity contribution in [1.29, 1.82) is 0 Å². The van der Waals surface area contributed by atoms with E-state index in [0.717, 1.165) is 19.4 Å². The number of rotatable bonds is 2. The van der Waals surface area contributed by atoms with E-state index in [1.54, 1.807) is 0 Å². The zero-order valence-corrected chi connectivity index (χ0v) is 8.51. The summed E-state index contributed by atoms with van der Waals surface area (Å²) in [7, 11) is 0. The summed E-state index contributed by atoms with van der Waals surface area (Å²) >= 11 is 0. The van der Waals surface area contributed by atoms with Crippen LogP contribution in [-0.2, 0) is 4.79 Å². The number of nitrogens with zero attached hydrogens (tertiary/aromatic N) is 1. The molecule has 1 aliphatic carbocycles. The van der Waals surface area contributed by atoms with Gasteiger partial charge in [0.05, 0.1) is 0 Å². The quantitative estimate of drug-likeness (QED) is 0.640. The normalized spacial score (nSPS) is 24.8. The van der Waals surface area contributed by atoms with Crippen LogP contribution in [0, 0.1) is 0 Å². The Morgan fingerprint density at radius 3 is 2.54 bits per heavy atom. The van der Waals surface area contributed by atoms with Crippen molar-refractivity contribution in [3.05, 3.63) is 0 Å². The van der Waals surface area contributed by atoms with Crippen LogP contribution in [0.15, 0.2) is 0 Å². The van der Waals surface area contributed by atoms with Gasteiger partial charge in [-0.3, -0.25) is 4.79 Å². The molecule has 1 saturated heterocycles. The lowest BCUT2D eigenvalue weighted by atomic mass is 9.75. The molecule has 74 valence electrons. The first-order valence-electron chi connectivity index (χ1n) is 5.59. The van der Waals surface area contributed by atoms with Gasteiger partial charge in [0.25, 0.3) is 0 Å². The summed E-state index contributed by atoms with van der Waals surface area (Å²) in [6.07, 6.45) is 8.10. The average molecular weight is 181 g/mol. The first-order valence-corrected chi connectivity index (χ1v) is 5.59. The molecule has 2 heteroatoms. The molecule has 2 fully saturated rings. The van der Waals surface area contributed by atoms with E-state index in [9.17, 15) is 4.79 Å². The molecule has 0 bridgehead atoms. The van der Waals surface area contributed by atoms with E-state index in [1.807, 2.05) is 0 Å². The maximum Gasteiger partial charge on any atom is 0.223 e. The van der Waals surface area contributed by atoms with E-state index in [4.69, 9.17) is 0 Å². The fraction of sp³-hybridized carbons (Fsp3) is 0.909. The van der Waals surface area contributed by atoms with E-state index < -0.39 is 0 Å². The molecule has 0 aromatic carbocycles. The van der Waals surface area contributed by atoms with Crippen LogP contribution in [-0.4, -0.2) is 22.9 Å². The molecule has 0 N–H and O–H groups in total. The molecule has 13 heavy (non-hydrogen) atoms. The summed E-state index contributed by atoms with van der Waals surface area (Å²) in [6, 6.07) is 0. The van der Waals surface area contributed by atoms with E-state index in [2.05, 4.69) is 11.8 Å². The van der Waals surface area contributed by atoms with Gasteiger partial charge in [0.2, 0.25) is 5.91 Å². The van der Waals surface area contributed by atoms with Crippen molar-refractivity contribution in [2.24, 2.45) is 0 Å². The van der Waals surface area contributed by atoms with Crippen LogP contribution in [0.1, 0.15) is 51.9 Å². The fourth-order valence-electron chi connectivity index (χ4n) is 2.78. The predicted molar refractivity (Wildman–Crippen MR) is 52.4 cm³/mol. The van der Waals surface area contributed by atoms with Crippen molar-refractivity contribution >= 4 is 5.91 Å². The standard InChI is InChI=1S/C11H19NO/c1-2-5-10(13)12-9-4-8-11(12)6-3-7-11/h2-9H2,1H3. The van der Waals surface area contributed by atoms with Gasteiger partial charge < -0.3 is 4.90 Å². The van der Waals surface area contributed by atoms with Gasteiger partial charge in [-0.1, -0.05) is 6.92 Å². The zero-order chi connectivity index (χ0) is 9.31. The maximum absolute atomic E-state index is 11.8. The molecule has 0 radical (unpaired) electrons. The van der Waals surface area contributed by atoms with E-state index in [0.29, 0.717) is 11.4 Å². The monoisotopic (exact) mass is 181 g/mol. The van der Waals surface area contributed by atoms with Crippen LogP contribution >= 0.6 is 0 Å². The molecule has 2 aliphatic rings. The highest BCUT2D eigenvalue weighted by Crippen LogP contribution is 2.45. The lowest BCUT2D eigenvalue weighted by Crippen LogP contribution is -2.51. The Labute approximate surface area is 80.3 Å². The highest BCUT2D eigenvalue weighted by atomic mass is 16.2. The topological polar surface area (TPSA) is 20.3 Å². The largest absolute Gasteiger partial charge is 0.337 e. The maximum atomic E-state index is 11.8. The Morgan fingerprint density at radius 1 is 1.31 bits per heavy atom. The first-order chi connectivity index (χ1) is 6.28. The lowest BCUT2D eigenvalue weighted by Gasteiger charge is -2.46. The Hall–Kier alpha value is -0.530. The highest BCUT2D eigenvalue weighted by molar-refractivity contribution is 5.77. The number of hydrogen-bond acceptors (Lipinski definition) is 1. The molecular formula is C11H19NO. The molecule has 0 unspecified atom stereocenters. The predicted octanol–water partition coefficient (Wildman–Crippen LogP) is 2.33. The van der Waals surface area contributed by atoms with Crippen molar-refractivity contribution < 1.29 is 4.79 Å². The van der Waals surface area contributed by atoms with Gasteiger partial charge in [-0.25, -0.2) is 0 Å². The molecule has 1 aliphatic heterocycles. The minimum absolute atomic E-state index is 0.340. The molecule has 0 atom stereocenters. The smallest absolute Gasteiger partial charge is 0.223 e. The van der Waals surface area contributed by atoms with Crippen molar-refractivity contribution in [3.63, 3.8) is 0 Å². The average Bonchev–Trinajstić information content (AvgIpc) is 2.46. The second kappa shape index (κ2) is 3.32. The van der Waals surface area contributed by atoms with E-state index in [1.165, 1.54) is 32.1 Å². The Bertz CT molecular complexity index is 208. The van der Waals surface area contributed by atoms with Gasteiger partial charge >= 0.3 is 0 Å². The molecule has 1 spiro atoms. The second-order valence-corrected chi connectivity index (χ2v) is 4.48. The Kier molecular flexibility index (Phi) is 2.31. The van der Waals surface area contributed by atoms with Crippen molar-refractivity contribution in [2.45, 2.75) is 57.4 Å². The summed E-state index contributed by atoms with van der Waals surface area (Å²) in [4.78, 5) is 14.0. The van der Waals surface area contributed by atoms with Gasteiger partial charge in [0, 0.05) is 18.5 Å². The van der Waals surface area contributed by atoms with Gasteiger partial charge in [0.15, 0.2) is 0 Å². The third-order valence-electron chi connectivity index (χ3n) is 3.65. The van der Waals surface area contributed by atoms with Crippen LogP contribution in [0.5, 0.6) is 0 Å². The van der Waals surface area contributed by atoms with Gasteiger partial charge in [-0.15, -0.1) is 0 Å². The van der Waals surface area contributed by atoms with Gasteiger partial charge in [-0.05, 0) is 38.5 Å². The lowest BCUT2D eigenvalue weighted by molar-refractivity contribution is -0.138. The number of carbonyl (C=O) groups excluding carboxylic acids is 1. The molecule has 0 aromatic rings. The summed E-state index contributed by atoms with van der Waals surface area (Å²) in [5.41, 5.74) is 0.340. The first kappa shape index (κ1) is 9.04. The molecule has 1 saturated carbocycles. The fourth-order valence-corrected chi connectivity index (χ4v) is 2.78. The molecule has 1 amide bonds. The third-order valence-corrected chi connectivity index (χ3v) is 3.65. The Morgan fingerprint density at radius 2 is 2.00 bits per heavy atom. The summed E-state index contributed by atoms with van der Waals surface area (Å²) in [5.74, 6) is 0.403. The number of amides is 1. The van der Waals surface area contributed by atoms with E-state index >= 15 is 0 Å². The van der Waals surface area contributed by atoms with Crippen molar-refractivity contribution in [3.8, 4) is 0 Å². The second-order valence-electron chi connectivity index (χ2n) is 4.48. The van der Waals surface area contributed by atoms with Gasteiger partial charge in [-0.2, -0.15) is 0 Å².